The molecule has 0 saturated heterocycles. The van der Waals surface area contributed by atoms with Crippen molar-refractivity contribution in [2.24, 2.45) is 0 Å². The zero-order valence-corrected chi connectivity index (χ0v) is 20.1. The fourth-order valence-electron chi connectivity index (χ4n) is 4.99. The van der Waals surface area contributed by atoms with E-state index in [0.717, 1.165) is 42.9 Å². The Bertz CT molecular complexity index is 1350. The molecule has 0 radical (unpaired) electrons. The van der Waals surface area contributed by atoms with Crippen molar-refractivity contribution in [2.45, 2.75) is 25.8 Å². The van der Waals surface area contributed by atoms with E-state index in [4.69, 9.17) is 9.47 Å². The molecule has 3 heteroatoms. The molecule has 176 valence electrons. The Morgan fingerprint density at radius 3 is 2.17 bits per heavy atom. The second-order valence-electron chi connectivity index (χ2n) is 8.76. The number of para-hydroxylation sites is 2. The zero-order chi connectivity index (χ0) is 24.0. The minimum Gasteiger partial charge on any atom is -0.489 e. The summed E-state index contributed by atoms with van der Waals surface area (Å²) in [5.41, 5.74) is 8.90. The van der Waals surface area contributed by atoms with Gasteiger partial charge in [-0.05, 0) is 48.6 Å². The molecule has 1 aromatic heterocycles. The summed E-state index contributed by atoms with van der Waals surface area (Å²) >= 11 is 0. The average molecular weight is 462 g/mol. The Hall–Kier alpha value is -3.98. The van der Waals surface area contributed by atoms with Crippen molar-refractivity contribution in [3.05, 3.63) is 121 Å². The van der Waals surface area contributed by atoms with Crippen LogP contribution in [0.2, 0.25) is 0 Å². The summed E-state index contributed by atoms with van der Waals surface area (Å²) in [6, 6.07) is 27.8. The van der Waals surface area contributed by atoms with Crippen LogP contribution in [0.3, 0.4) is 0 Å². The second-order valence-corrected chi connectivity index (χ2v) is 8.76. The molecule has 35 heavy (non-hydrogen) atoms. The SMILES string of the molecule is C=CCOc1ccccc1CCc1cc(-c2ccccc2OCC=C)c2n1CCc1ccccc1-2. The molecule has 3 nitrogen and oxygen atoms in total. The van der Waals surface area contributed by atoms with E-state index >= 15 is 0 Å². The van der Waals surface area contributed by atoms with Gasteiger partial charge in [-0.25, -0.2) is 0 Å². The lowest BCUT2D eigenvalue weighted by molar-refractivity contribution is 0.359. The van der Waals surface area contributed by atoms with E-state index in [1.807, 2.05) is 24.3 Å². The normalized spacial score (nSPS) is 11.9. The third-order valence-corrected chi connectivity index (χ3v) is 6.57. The van der Waals surface area contributed by atoms with Crippen LogP contribution in [0, 0.1) is 0 Å². The Labute approximate surface area is 208 Å². The summed E-state index contributed by atoms with van der Waals surface area (Å²) in [6.07, 6.45) is 6.46. The fourth-order valence-corrected chi connectivity index (χ4v) is 4.99. The predicted molar refractivity (Wildman–Crippen MR) is 144 cm³/mol. The van der Waals surface area contributed by atoms with E-state index in [9.17, 15) is 0 Å². The first-order valence-corrected chi connectivity index (χ1v) is 12.3. The van der Waals surface area contributed by atoms with E-state index in [-0.39, 0.29) is 0 Å². The summed E-state index contributed by atoms with van der Waals surface area (Å²) in [5, 5.41) is 0. The highest BCUT2D eigenvalue weighted by atomic mass is 16.5. The van der Waals surface area contributed by atoms with Gasteiger partial charge in [-0.2, -0.15) is 0 Å². The van der Waals surface area contributed by atoms with Crippen LogP contribution >= 0.6 is 0 Å². The molecular formula is C32H31NO2. The van der Waals surface area contributed by atoms with Gasteiger partial charge in [-0.15, -0.1) is 0 Å². The molecule has 0 unspecified atom stereocenters. The van der Waals surface area contributed by atoms with E-state index in [2.05, 4.69) is 72.3 Å². The molecule has 0 N–H and O–H groups in total. The molecule has 1 aliphatic heterocycles. The molecule has 0 fully saturated rings. The van der Waals surface area contributed by atoms with Gasteiger partial charge < -0.3 is 14.0 Å². The molecule has 0 atom stereocenters. The average Bonchev–Trinajstić information content (AvgIpc) is 3.29. The minimum atomic E-state index is 0.484. The summed E-state index contributed by atoms with van der Waals surface area (Å²) < 4.78 is 14.5. The third-order valence-electron chi connectivity index (χ3n) is 6.57. The first kappa shape index (κ1) is 22.8. The molecule has 0 amide bonds. The maximum atomic E-state index is 6.06. The second kappa shape index (κ2) is 10.5. The summed E-state index contributed by atoms with van der Waals surface area (Å²) in [7, 11) is 0. The standard InChI is InChI=1S/C32H31NO2/c1-3-21-34-30-15-9-6-12-25(30)17-18-26-23-29(28-14-8-10-16-31(28)35-22-4-2)32-27-13-7-5-11-24(27)19-20-33(26)32/h3-16,23H,1-2,17-22H2. The lowest BCUT2D eigenvalue weighted by Crippen LogP contribution is -2.14. The molecule has 1 aliphatic rings. The number of ether oxygens (including phenoxy) is 2. The van der Waals surface area contributed by atoms with E-state index < -0.39 is 0 Å². The lowest BCUT2D eigenvalue weighted by Gasteiger charge is -2.23. The number of rotatable bonds is 10. The number of fused-ring (bicyclic) bond motifs is 3. The third kappa shape index (κ3) is 4.67. The van der Waals surface area contributed by atoms with Crippen molar-refractivity contribution in [1.29, 1.82) is 0 Å². The monoisotopic (exact) mass is 461 g/mol. The number of nitrogens with zero attached hydrogens (tertiary/aromatic N) is 1. The Kier molecular flexibility index (Phi) is 6.85. The Balaban J connectivity index is 1.56. The van der Waals surface area contributed by atoms with Crippen molar-refractivity contribution in [2.75, 3.05) is 13.2 Å². The van der Waals surface area contributed by atoms with Crippen LogP contribution in [0.15, 0.2) is 104 Å². The van der Waals surface area contributed by atoms with Gasteiger partial charge in [0.05, 0.1) is 5.69 Å². The van der Waals surface area contributed by atoms with E-state index in [1.54, 1.807) is 12.2 Å². The van der Waals surface area contributed by atoms with Gasteiger partial charge in [0.2, 0.25) is 0 Å². The van der Waals surface area contributed by atoms with E-state index in [0.29, 0.717) is 13.2 Å². The fraction of sp³-hybridized carbons (Fsp3) is 0.188. The molecule has 0 aliphatic carbocycles. The zero-order valence-electron chi connectivity index (χ0n) is 20.1. The quantitative estimate of drug-likeness (QED) is 0.231. The Morgan fingerprint density at radius 2 is 1.37 bits per heavy atom. The largest absolute Gasteiger partial charge is 0.489 e. The highest BCUT2D eigenvalue weighted by Gasteiger charge is 2.25. The molecule has 4 aromatic rings. The number of hydrogen-bond acceptors (Lipinski definition) is 2. The summed E-state index contributed by atoms with van der Waals surface area (Å²) in [4.78, 5) is 0. The molecule has 5 rings (SSSR count). The molecule has 3 aromatic carbocycles. The van der Waals surface area contributed by atoms with Crippen LogP contribution in [0.25, 0.3) is 22.4 Å². The van der Waals surface area contributed by atoms with Crippen LogP contribution in [-0.4, -0.2) is 17.8 Å². The van der Waals surface area contributed by atoms with Gasteiger partial charge in [0, 0.05) is 28.9 Å². The van der Waals surface area contributed by atoms with Gasteiger partial charge in [-0.3, -0.25) is 0 Å². The maximum absolute atomic E-state index is 6.06. The molecule has 0 bridgehead atoms. The minimum absolute atomic E-state index is 0.484. The van der Waals surface area contributed by atoms with Gasteiger partial charge in [-0.1, -0.05) is 86.0 Å². The predicted octanol–water partition coefficient (Wildman–Crippen LogP) is 7.29. The van der Waals surface area contributed by atoms with Crippen molar-refractivity contribution in [3.8, 4) is 33.9 Å². The molecule has 0 saturated carbocycles. The smallest absolute Gasteiger partial charge is 0.127 e. The van der Waals surface area contributed by atoms with Gasteiger partial charge in [0.1, 0.15) is 24.7 Å². The number of aryl methyl sites for hydroxylation is 3. The van der Waals surface area contributed by atoms with Crippen molar-refractivity contribution in [3.63, 3.8) is 0 Å². The van der Waals surface area contributed by atoms with Crippen LogP contribution in [0.5, 0.6) is 11.5 Å². The van der Waals surface area contributed by atoms with Crippen LogP contribution in [0.4, 0.5) is 0 Å². The van der Waals surface area contributed by atoms with Crippen LogP contribution in [0.1, 0.15) is 16.8 Å². The first-order valence-electron chi connectivity index (χ1n) is 12.3. The highest BCUT2D eigenvalue weighted by molar-refractivity contribution is 5.87. The summed E-state index contributed by atoms with van der Waals surface area (Å²) in [5.74, 6) is 1.82. The lowest BCUT2D eigenvalue weighted by atomic mass is 9.94. The van der Waals surface area contributed by atoms with Gasteiger partial charge in [0.25, 0.3) is 0 Å². The van der Waals surface area contributed by atoms with Gasteiger partial charge in [0.15, 0.2) is 0 Å². The maximum Gasteiger partial charge on any atom is 0.127 e. The topological polar surface area (TPSA) is 23.4 Å². The van der Waals surface area contributed by atoms with Crippen LogP contribution in [-0.2, 0) is 25.8 Å². The van der Waals surface area contributed by atoms with Gasteiger partial charge >= 0.3 is 0 Å². The number of benzene rings is 3. The summed E-state index contributed by atoms with van der Waals surface area (Å²) in [6.45, 7) is 9.57. The first-order chi connectivity index (χ1) is 17.3. The molecule has 2 heterocycles. The van der Waals surface area contributed by atoms with Crippen molar-refractivity contribution in [1.82, 2.24) is 4.57 Å². The van der Waals surface area contributed by atoms with Crippen molar-refractivity contribution >= 4 is 0 Å². The molecule has 0 spiro atoms. The van der Waals surface area contributed by atoms with Crippen molar-refractivity contribution < 1.29 is 9.47 Å². The number of aromatic nitrogens is 1. The highest BCUT2D eigenvalue weighted by Crippen LogP contribution is 2.43. The molecular weight excluding hydrogens is 430 g/mol. The van der Waals surface area contributed by atoms with E-state index in [1.165, 1.54) is 33.6 Å². The van der Waals surface area contributed by atoms with Crippen LogP contribution < -0.4 is 9.47 Å². The Morgan fingerprint density at radius 1 is 0.714 bits per heavy atom. The number of hydrogen-bond donors (Lipinski definition) is 0.